The molecule has 1 fully saturated rings. The maximum Gasteiger partial charge on any atom is 0.170 e. The van der Waals surface area contributed by atoms with E-state index in [9.17, 15) is 25.2 Å². The molecule has 6 nitrogen and oxygen atoms in total. The van der Waals surface area contributed by atoms with Gasteiger partial charge in [0.1, 0.15) is 11.5 Å². The van der Waals surface area contributed by atoms with Crippen LogP contribution in [0.4, 0.5) is 0 Å². The monoisotopic (exact) mass is 308 g/mol. The standard InChI is InChI=1S/C16H20O6/c1-6-3-9(18)12-13(14(6)20)15(21)8-4-7(17)5-10(19)11(8)16(12)22-2/h3,7-8,10-11,16-20H,4-5H2,1-2H3/t7-,8+,10-,11-,16-/m0/s1. The van der Waals surface area contributed by atoms with Gasteiger partial charge in [-0.05, 0) is 31.4 Å². The Morgan fingerprint density at radius 3 is 2.55 bits per heavy atom. The number of methoxy groups -OCH3 is 1. The average molecular weight is 308 g/mol. The van der Waals surface area contributed by atoms with E-state index in [1.807, 2.05) is 0 Å². The lowest BCUT2D eigenvalue weighted by atomic mass is 9.64. The summed E-state index contributed by atoms with van der Waals surface area (Å²) in [7, 11) is 1.44. The molecule has 1 saturated carbocycles. The molecule has 22 heavy (non-hydrogen) atoms. The number of phenols is 2. The van der Waals surface area contributed by atoms with Crippen LogP contribution in [0.1, 0.15) is 40.4 Å². The van der Waals surface area contributed by atoms with Crippen LogP contribution in [-0.2, 0) is 4.74 Å². The number of aliphatic hydroxyl groups excluding tert-OH is 2. The molecule has 1 aromatic carbocycles. The maximum atomic E-state index is 12.8. The van der Waals surface area contributed by atoms with E-state index >= 15 is 0 Å². The number of hydrogen-bond acceptors (Lipinski definition) is 6. The molecule has 0 amide bonds. The molecule has 0 heterocycles. The van der Waals surface area contributed by atoms with Gasteiger partial charge in [-0.2, -0.15) is 0 Å². The quantitative estimate of drug-likeness (QED) is 0.577. The van der Waals surface area contributed by atoms with Crippen LogP contribution in [0.2, 0.25) is 0 Å². The Morgan fingerprint density at radius 2 is 1.91 bits per heavy atom. The number of fused-ring (bicyclic) bond motifs is 2. The number of aromatic hydroxyl groups is 2. The smallest absolute Gasteiger partial charge is 0.170 e. The van der Waals surface area contributed by atoms with Crippen LogP contribution in [0, 0.1) is 18.8 Å². The van der Waals surface area contributed by atoms with Crippen molar-refractivity contribution in [2.24, 2.45) is 11.8 Å². The zero-order valence-electron chi connectivity index (χ0n) is 12.5. The number of aliphatic hydroxyl groups is 2. The minimum atomic E-state index is -0.904. The minimum absolute atomic E-state index is 0.0481. The van der Waals surface area contributed by atoms with Gasteiger partial charge in [0.2, 0.25) is 0 Å². The first-order valence-corrected chi connectivity index (χ1v) is 7.35. The minimum Gasteiger partial charge on any atom is -0.508 e. The van der Waals surface area contributed by atoms with Gasteiger partial charge in [0, 0.05) is 24.5 Å². The lowest BCUT2D eigenvalue weighted by molar-refractivity contribution is -0.0898. The van der Waals surface area contributed by atoms with E-state index in [4.69, 9.17) is 4.74 Å². The zero-order chi connectivity index (χ0) is 16.2. The van der Waals surface area contributed by atoms with Crippen LogP contribution < -0.4 is 0 Å². The Bertz CT molecular complexity index is 626. The number of phenolic OH excluding ortho intramolecular Hbond substituents is 2. The molecule has 120 valence electrons. The lowest BCUT2D eigenvalue weighted by Gasteiger charge is -2.44. The second kappa shape index (κ2) is 5.22. The van der Waals surface area contributed by atoms with Crippen molar-refractivity contribution in [2.45, 2.75) is 38.1 Å². The Hall–Kier alpha value is -1.63. The summed E-state index contributed by atoms with van der Waals surface area (Å²) < 4.78 is 5.45. The summed E-state index contributed by atoms with van der Waals surface area (Å²) >= 11 is 0. The summed E-state index contributed by atoms with van der Waals surface area (Å²) in [5.74, 6) is -1.83. The second-order valence-electron chi connectivity index (χ2n) is 6.25. The molecule has 0 spiro atoms. The van der Waals surface area contributed by atoms with Crippen molar-refractivity contribution in [3.63, 3.8) is 0 Å². The summed E-state index contributed by atoms with van der Waals surface area (Å²) in [5.41, 5.74) is 0.675. The third-order valence-electron chi connectivity index (χ3n) is 4.93. The van der Waals surface area contributed by atoms with Gasteiger partial charge in [0.25, 0.3) is 0 Å². The summed E-state index contributed by atoms with van der Waals surface area (Å²) in [6.07, 6.45) is -1.99. The number of ether oxygens (including phenoxy) is 1. The topological polar surface area (TPSA) is 107 Å². The summed E-state index contributed by atoms with van der Waals surface area (Å²) in [4.78, 5) is 12.8. The van der Waals surface area contributed by atoms with Crippen LogP contribution >= 0.6 is 0 Å². The van der Waals surface area contributed by atoms with Crippen LogP contribution in [0.5, 0.6) is 11.5 Å². The third kappa shape index (κ3) is 2.02. The van der Waals surface area contributed by atoms with Crippen molar-refractivity contribution >= 4 is 5.78 Å². The molecular weight excluding hydrogens is 288 g/mol. The van der Waals surface area contributed by atoms with Crippen LogP contribution in [0.15, 0.2) is 6.07 Å². The van der Waals surface area contributed by atoms with Gasteiger partial charge in [-0.1, -0.05) is 0 Å². The van der Waals surface area contributed by atoms with Crippen molar-refractivity contribution in [1.82, 2.24) is 0 Å². The van der Waals surface area contributed by atoms with Crippen LogP contribution in [0.3, 0.4) is 0 Å². The normalized spacial score (nSPS) is 34.2. The molecule has 0 saturated heterocycles. The van der Waals surface area contributed by atoms with E-state index in [1.165, 1.54) is 13.2 Å². The summed E-state index contributed by atoms with van der Waals surface area (Å²) in [5, 5.41) is 40.7. The summed E-state index contributed by atoms with van der Waals surface area (Å²) in [6, 6.07) is 1.39. The Balaban J connectivity index is 2.23. The highest BCUT2D eigenvalue weighted by Gasteiger charge is 2.51. The van der Waals surface area contributed by atoms with Crippen LogP contribution in [-0.4, -0.2) is 45.5 Å². The number of carbonyl (C=O) groups excluding carboxylic acids is 1. The second-order valence-corrected chi connectivity index (χ2v) is 6.25. The maximum absolute atomic E-state index is 12.8. The number of Topliss-reactive ketones (excluding diaryl/α,β-unsaturated/α-hetero) is 1. The van der Waals surface area contributed by atoms with E-state index in [0.29, 0.717) is 5.56 Å². The van der Waals surface area contributed by atoms with Gasteiger partial charge in [-0.25, -0.2) is 0 Å². The molecule has 4 N–H and O–H groups in total. The Kier molecular flexibility index (Phi) is 3.63. The molecule has 0 aromatic heterocycles. The van der Waals surface area contributed by atoms with Crippen LogP contribution in [0.25, 0.3) is 0 Å². The summed E-state index contributed by atoms with van der Waals surface area (Å²) in [6.45, 7) is 1.60. The van der Waals surface area contributed by atoms with Crippen molar-refractivity contribution in [3.05, 3.63) is 22.8 Å². The SMILES string of the molecule is CO[C@@H]1c2c(O)cc(C)c(O)c2C(=O)[C@@H]2C[C@H](O)C[C@H](O)[C@@H]12. The van der Waals surface area contributed by atoms with Gasteiger partial charge in [-0.3, -0.25) is 4.79 Å². The molecular formula is C16H20O6. The molecule has 0 bridgehead atoms. The molecule has 0 radical (unpaired) electrons. The lowest BCUT2D eigenvalue weighted by Crippen LogP contribution is -2.48. The van der Waals surface area contributed by atoms with E-state index in [-0.39, 0.29) is 41.3 Å². The van der Waals surface area contributed by atoms with E-state index < -0.39 is 30.1 Å². The van der Waals surface area contributed by atoms with E-state index in [0.717, 1.165) is 0 Å². The first kappa shape index (κ1) is 15.3. The predicted molar refractivity (Wildman–Crippen MR) is 76.8 cm³/mol. The fourth-order valence-corrected chi connectivity index (χ4v) is 3.94. The van der Waals surface area contributed by atoms with E-state index in [1.54, 1.807) is 6.92 Å². The highest BCUT2D eigenvalue weighted by Crippen LogP contribution is 2.52. The number of hydrogen-bond donors (Lipinski definition) is 4. The third-order valence-corrected chi connectivity index (χ3v) is 4.93. The Labute approximate surface area is 128 Å². The average Bonchev–Trinajstić information content (AvgIpc) is 2.45. The fourth-order valence-electron chi connectivity index (χ4n) is 3.94. The first-order chi connectivity index (χ1) is 10.4. The van der Waals surface area contributed by atoms with Gasteiger partial charge < -0.3 is 25.2 Å². The number of benzene rings is 1. The van der Waals surface area contributed by atoms with Gasteiger partial charge in [0.05, 0.1) is 23.9 Å². The highest BCUT2D eigenvalue weighted by molar-refractivity contribution is 6.04. The van der Waals surface area contributed by atoms with Crippen molar-refractivity contribution in [1.29, 1.82) is 0 Å². The molecule has 3 rings (SSSR count). The molecule has 2 aliphatic carbocycles. The van der Waals surface area contributed by atoms with Gasteiger partial charge in [0.15, 0.2) is 5.78 Å². The highest BCUT2D eigenvalue weighted by atomic mass is 16.5. The fraction of sp³-hybridized carbons (Fsp3) is 0.562. The van der Waals surface area contributed by atoms with Gasteiger partial charge >= 0.3 is 0 Å². The zero-order valence-corrected chi connectivity index (χ0v) is 12.5. The molecule has 2 aliphatic rings. The van der Waals surface area contributed by atoms with Crippen molar-refractivity contribution < 1.29 is 30.0 Å². The predicted octanol–water partition coefficient (Wildman–Crippen LogP) is 1.04. The van der Waals surface area contributed by atoms with E-state index in [2.05, 4.69) is 0 Å². The Morgan fingerprint density at radius 1 is 1.23 bits per heavy atom. The molecule has 0 unspecified atom stereocenters. The number of ketones is 1. The first-order valence-electron chi connectivity index (χ1n) is 7.35. The van der Waals surface area contributed by atoms with Gasteiger partial charge in [-0.15, -0.1) is 0 Å². The molecule has 5 atom stereocenters. The number of aryl methyl sites for hydroxylation is 1. The molecule has 6 heteroatoms. The largest absolute Gasteiger partial charge is 0.508 e. The number of carbonyl (C=O) groups is 1. The number of rotatable bonds is 1. The van der Waals surface area contributed by atoms with Crippen molar-refractivity contribution in [2.75, 3.05) is 7.11 Å². The molecule has 0 aliphatic heterocycles. The van der Waals surface area contributed by atoms with Crippen molar-refractivity contribution in [3.8, 4) is 11.5 Å². The molecule has 1 aromatic rings.